The molecule has 0 N–H and O–H groups in total. The Morgan fingerprint density at radius 3 is 2.55 bits per heavy atom. The van der Waals surface area contributed by atoms with Crippen LogP contribution in [0.2, 0.25) is 0 Å². The van der Waals surface area contributed by atoms with E-state index in [0.717, 1.165) is 0 Å². The van der Waals surface area contributed by atoms with E-state index in [9.17, 15) is 14.0 Å². The van der Waals surface area contributed by atoms with Gasteiger partial charge in [-0.05, 0) is 33.8 Å². The maximum atomic E-state index is 14.0. The Kier molecular flexibility index (Phi) is 6.72. The zero-order valence-electron chi connectivity index (χ0n) is 18.2. The molecule has 0 aliphatic carbocycles. The number of hydrogen-bond donors (Lipinski definition) is 0. The van der Waals surface area contributed by atoms with Crippen molar-refractivity contribution in [2.24, 2.45) is 0 Å². The number of hydrogen-bond acceptors (Lipinski definition) is 7. The fourth-order valence-electron chi connectivity index (χ4n) is 3.19. The molecule has 166 valence electrons. The van der Waals surface area contributed by atoms with Crippen LogP contribution in [0, 0.1) is 5.82 Å². The largest absolute Gasteiger partial charge is 0.486 e. The van der Waals surface area contributed by atoms with Crippen molar-refractivity contribution in [3.63, 3.8) is 0 Å². The summed E-state index contributed by atoms with van der Waals surface area (Å²) in [6, 6.07) is 4.23. The molecule has 0 saturated carbocycles. The van der Waals surface area contributed by atoms with Gasteiger partial charge in [0, 0.05) is 36.8 Å². The van der Waals surface area contributed by atoms with Crippen molar-refractivity contribution in [2.75, 3.05) is 24.5 Å². The van der Waals surface area contributed by atoms with Crippen molar-refractivity contribution >= 4 is 18.3 Å². The second-order valence-electron chi connectivity index (χ2n) is 8.44. The van der Waals surface area contributed by atoms with Crippen molar-refractivity contribution in [1.82, 2.24) is 14.9 Å². The number of anilines is 1. The van der Waals surface area contributed by atoms with E-state index >= 15 is 0 Å². The van der Waals surface area contributed by atoms with E-state index in [1.807, 2.05) is 32.6 Å². The summed E-state index contributed by atoms with van der Waals surface area (Å²) in [6.45, 7) is 9.12. The Bertz CT molecular complexity index is 930. The third-order valence-corrected chi connectivity index (χ3v) is 4.76. The number of rotatable bonds is 5. The number of piperazine rings is 1. The molecule has 1 amide bonds. The van der Waals surface area contributed by atoms with Gasteiger partial charge in [0.05, 0.1) is 12.4 Å². The van der Waals surface area contributed by atoms with Crippen LogP contribution in [0.5, 0.6) is 5.75 Å². The van der Waals surface area contributed by atoms with E-state index in [2.05, 4.69) is 9.97 Å². The van der Waals surface area contributed by atoms with Crippen LogP contribution >= 0.6 is 0 Å². The number of aldehydes is 1. The van der Waals surface area contributed by atoms with Gasteiger partial charge >= 0.3 is 6.09 Å². The van der Waals surface area contributed by atoms with Gasteiger partial charge in [-0.25, -0.2) is 19.2 Å². The fourth-order valence-corrected chi connectivity index (χ4v) is 3.19. The maximum absolute atomic E-state index is 14.0. The number of benzene rings is 1. The molecule has 3 rings (SSSR count). The molecule has 2 heterocycles. The highest BCUT2D eigenvalue weighted by atomic mass is 19.1. The highest BCUT2D eigenvalue weighted by Gasteiger charge is 2.30. The summed E-state index contributed by atoms with van der Waals surface area (Å²) in [4.78, 5) is 35.4. The molecule has 31 heavy (non-hydrogen) atoms. The molecule has 0 radical (unpaired) electrons. The van der Waals surface area contributed by atoms with E-state index < -0.39 is 11.4 Å². The van der Waals surface area contributed by atoms with Crippen LogP contribution in [0.3, 0.4) is 0 Å². The van der Waals surface area contributed by atoms with E-state index in [1.165, 1.54) is 30.6 Å². The topological polar surface area (TPSA) is 84.9 Å². The first-order valence-electron chi connectivity index (χ1n) is 10.1. The number of carbonyl (C=O) groups is 2. The Morgan fingerprint density at radius 1 is 1.26 bits per heavy atom. The molecule has 1 aliphatic rings. The molecule has 1 atom stereocenters. The first kappa shape index (κ1) is 22.5. The Hall–Kier alpha value is -3.23. The van der Waals surface area contributed by atoms with Gasteiger partial charge in [-0.2, -0.15) is 0 Å². The molecule has 9 heteroatoms. The summed E-state index contributed by atoms with van der Waals surface area (Å²) in [6.07, 6.45) is 3.34. The van der Waals surface area contributed by atoms with Gasteiger partial charge < -0.3 is 19.3 Å². The van der Waals surface area contributed by atoms with E-state index in [1.54, 1.807) is 4.90 Å². The highest BCUT2D eigenvalue weighted by Crippen LogP contribution is 2.20. The number of halogens is 1. The highest BCUT2D eigenvalue weighted by molar-refractivity contribution is 5.74. The molecule has 8 nitrogen and oxygen atoms in total. The van der Waals surface area contributed by atoms with Crippen molar-refractivity contribution < 1.29 is 23.5 Å². The molecule has 1 aromatic carbocycles. The standard InChI is InChI=1S/C22H27FN4O4/c1-15-12-26(21(29)31-22(2,3)4)7-8-27(15)20-24-10-18(11-25-20)30-14-17-6-5-16(13-28)9-19(17)23/h5-6,9-11,13,15H,7-8,12,14H2,1-4H3. The van der Waals surface area contributed by atoms with Gasteiger partial charge in [0.15, 0.2) is 5.75 Å². The average molecular weight is 430 g/mol. The first-order chi connectivity index (χ1) is 14.7. The van der Waals surface area contributed by atoms with Gasteiger partial charge in [0.1, 0.15) is 24.3 Å². The smallest absolute Gasteiger partial charge is 0.410 e. The van der Waals surface area contributed by atoms with Crippen molar-refractivity contribution in [2.45, 2.75) is 45.9 Å². The Morgan fingerprint density at radius 2 is 1.97 bits per heavy atom. The predicted molar refractivity (Wildman–Crippen MR) is 113 cm³/mol. The quantitative estimate of drug-likeness (QED) is 0.672. The lowest BCUT2D eigenvalue weighted by molar-refractivity contribution is 0.0218. The Labute approximate surface area is 181 Å². The summed E-state index contributed by atoms with van der Waals surface area (Å²) in [5, 5.41) is 0. The summed E-state index contributed by atoms with van der Waals surface area (Å²) in [7, 11) is 0. The van der Waals surface area contributed by atoms with E-state index in [4.69, 9.17) is 9.47 Å². The van der Waals surface area contributed by atoms with E-state index in [0.29, 0.717) is 43.2 Å². The molecule has 0 spiro atoms. The van der Waals surface area contributed by atoms with Gasteiger partial charge in [-0.15, -0.1) is 0 Å². The SMILES string of the molecule is CC1CN(C(=O)OC(C)(C)C)CCN1c1ncc(OCc2ccc(C=O)cc2F)cn1. The molecular formula is C22H27FN4O4. The van der Waals surface area contributed by atoms with Crippen LogP contribution in [-0.2, 0) is 11.3 Å². The Balaban J connectivity index is 1.56. The van der Waals surface area contributed by atoms with Gasteiger partial charge in [-0.3, -0.25) is 4.79 Å². The number of ether oxygens (including phenoxy) is 2. The van der Waals surface area contributed by atoms with Crippen LogP contribution in [0.25, 0.3) is 0 Å². The van der Waals surface area contributed by atoms with Crippen LogP contribution in [-0.4, -0.2) is 58.5 Å². The summed E-state index contributed by atoms with van der Waals surface area (Å²) >= 11 is 0. The number of aromatic nitrogens is 2. The lowest BCUT2D eigenvalue weighted by Crippen LogP contribution is -2.55. The predicted octanol–water partition coefficient (Wildman–Crippen LogP) is 3.45. The summed E-state index contributed by atoms with van der Waals surface area (Å²) in [5.74, 6) is 0.437. The van der Waals surface area contributed by atoms with Crippen LogP contribution < -0.4 is 9.64 Å². The molecule has 1 saturated heterocycles. The van der Waals surface area contributed by atoms with Crippen LogP contribution in [0.4, 0.5) is 15.1 Å². The van der Waals surface area contributed by atoms with Crippen molar-refractivity contribution in [3.05, 3.63) is 47.5 Å². The normalized spacial score (nSPS) is 16.7. The minimum atomic E-state index is -0.532. The molecule has 1 aliphatic heterocycles. The monoisotopic (exact) mass is 430 g/mol. The van der Waals surface area contributed by atoms with E-state index in [-0.39, 0.29) is 24.3 Å². The second kappa shape index (κ2) is 9.28. The molecule has 1 aromatic heterocycles. The minimum absolute atomic E-state index is 0.00135. The molecule has 1 fully saturated rings. The van der Waals surface area contributed by atoms with Gasteiger partial charge in [-0.1, -0.05) is 12.1 Å². The van der Waals surface area contributed by atoms with Crippen LogP contribution in [0.1, 0.15) is 43.6 Å². The third kappa shape index (κ3) is 5.90. The lowest BCUT2D eigenvalue weighted by Gasteiger charge is -2.40. The maximum Gasteiger partial charge on any atom is 0.410 e. The molecule has 2 aromatic rings. The molecule has 1 unspecified atom stereocenters. The number of carbonyl (C=O) groups excluding carboxylic acids is 2. The second-order valence-corrected chi connectivity index (χ2v) is 8.44. The minimum Gasteiger partial charge on any atom is -0.486 e. The summed E-state index contributed by atoms with van der Waals surface area (Å²) < 4.78 is 25.0. The number of amides is 1. The lowest BCUT2D eigenvalue weighted by atomic mass is 10.1. The molecular weight excluding hydrogens is 403 g/mol. The zero-order valence-corrected chi connectivity index (χ0v) is 18.2. The van der Waals surface area contributed by atoms with Crippen molar-refractivity contribution in [1.29, 1.82) is 0 Å². The van der Waals surface area contributed by atoms with Crippen LogP contribution in [0.15, 0.2) is 30.6 Å². The molecule has 0 bridgehead atoms. The first-order valence-corrected chi connectivity index (χ1v) is 10.1. The summed E-state index contributed by atoms with van der Waals surface area (Å²) in [5.41, 5.74) is 0.0759. The average Bonchev–Trinajstić information content (AvgIpc) is 2.72. The third-order valence-electron chi connectivity index (χ3n) is 4.76. The zero-order chi connectivity index (χ0) is 22.6. The fraction of sp³-hybridized carbons (Fsp3) is 0.455. The van der Waals surface area contributed by atoms with Crippen molar-refractivity contribution in [3.8, 4) is 5.75 Å². The van der Waals surface area contributed by atoms with Gasteiger partial charge in [0.2, 0.25) is 5.95 Å². The number of nitrogens with zero attached hydrogens (tertiary/aromatic N) is 4. The van der Waals surface area contributed by atoms with Gasteiger partial charge in [0.25, 0.3) is 0 Å².